The third-order valence-corrected chi connectivity index (χ3v) is 8.42. The van der Waals surface area contributed by atoms with Crippen LogP contribution in [0.25, 0.3) is 0 Å². The van der Waals surface area contributed by atoms with Gasteiger partial charge in [0.05, 0.1) is 32.0 Å². The van der Waals surface area contributed by atoms with Gasteiger partial charge in [-0.25, -0.2) is 0 Å². The lowest BCUT2D eigenvalue weighted by Gasteiger charge is -2.30. The molecule has 1 aliphatic rings. The number of hydrogen-bond donors (Lipinski definition) is 4. The maximum atomic E-state index is 14.8. The first-order valence-corrected chi connectivity index (χ1v) is 15.7. The second-order valence-corrected chi connectivity index (χ2v) is 13.0. The van der Waals surface area contributed by atoms with E-state index < -0.39 is 59.8 Å². The topological polar surface area (TPSA) is 135 Å². The van der Waals surface area contributed by atoms with Crippen LogP contribution in [0.15, 0.2) is 48.5 Å². The van der Waals surface area contributed by atoms with Crippen LogP contribution in [-0.4, -0.2) is 81.1 Å². The molecule has 0 saturated heterocycles. The van der Waals surface area contributed by atoms with Crippen molar-refractivity contribution in [3.8, 4) is 5.75 Å². The highest BCUT2D eigenvalue weighted by Gasteiger charge is 2.52. The summed E-state index contributed by atoms with van der Waals surface area (Å²) in [5.41, 5.74) is -0.134. The number of carbonyl (C=O) groups is 4. The Morgan fingerprint density at radius 3 is 2.20 bits per heavy atom. The average molecular weight is 719 g/mol. The van der Waals surface area contributed by atoms with Crippen LogP contribution in [0.3, 0.4) is 0 Å². The first kappa shape index (κ1) is 39.8. The van der Waals surface area contributed by atoms with Gasteiger partial charge in [0.15, 0.2) is 0 Å². The maximum absolute atomic E-state index is 14.8. The molecule has 0 aromatic heterocycles. The number of carbonyl (C=O) groups excluding carboxylic acids is 4. The summed E-state index contributed by atoms with van der Waals surface area (Å²) in [6.07, 6.45) is -2.58. The quantitative estimate of drug-likeness (QED) is 0.0557. The Labute approximate surface area is 285 Å². The summed E-state index contributed by atoms with van der Waals surface area (Å²) in [6, 6.07) is 10.3. The Balaban J connectivity index is 1.72. The van der Waals surface area contributed by atoms with Crippen LogP contribution >= 0.6 is 11.6 Å². The summed E-state index contributed by atoms with van der Waals surface area (Å²) >= 11 is 6.14. The highest BCUT2D eigenvalue weighted by atomic mass is 35.5. The van der Waals surface area contributed by atoms with Crippen molar-refractivity contribution in [1.82, 2.24) is 21.3 Å². The first-order valence-electron chi connectivity index (χ1n) is 15.4. The van der Waals surface area contributed by atoms with Gasteiger partial charge in [0, 0.05) is 17.0 Å². The molecule has 0 unspecified atom stereocenters. The monoisotopic (exact) mass is 718 g/mol. The van der Waals surface area contributed by atoms with Crippen LogP contribution in [0, 0.1) is 5.92 Å². The molecule has 1 saturated carbocycles. The molecule has 4 N–H and O–H groups in total. The SMILES string of the molecule is COc1ccc([C@H](NC[C@](C)(C=O)NCOCC2(c3cccc(Cl)c3)CC2)C(=O)N[C@H](C(=O)C(F)(F)C(=O)NCC(F)(F)F)C(C)C)cc1. The van der Waals surface area contributed by atoms with E-state index in [1.54, 1.807) is 13.0 Å². The van der Waals surface area contributed by atoms with Crippen molar-refractivity contribution >= 4 is 35.5 Å². The van der Waals surface area contributed by atoms with Crippen molar-refractivity contribution in [2.24, 2.45) is 5.92 Å². The summed E-state index contributed by atoms with van der Waals surface area (Å²) < 4.78 is 78.1. The van der Waals surface area contributed by atoms with E-state index in [2.05, 4.69) is 16.0 Å². The molecule has 2 aromatic rings. The van der Waals surface area contributed by atoms with Crippen molar-refractivity contribution in [2.45, 2.75) is 68.7 Å². The van der Waals surface area contributed by atoms with Crippen LogP contribution in [0.4, 0.5) is 22.0 Å². The average Bonchev–Trinajstić information content (AvgIpc) is 3.85. The standard InChI is InChI=1S/C33H40ClF5N4O6/c1-20(2)25(27(45)33(38,39)29(47)41-16-32(35,36)37)43-28(46)26(21-8-10-24(48-4)11-9-21)40-15-30(3,17-44)42-19-49-18-31(12-13-31)22-6-5-7-23(34)14-22/h5-11,14,17,20,25-26,40,42H,12-13,15-16,18-19H2,1-4H3,(H,41,47)(H,43,46)/t25-,26-,30+/m0/s1. The molecule has 0 aliphatic heterocycles. The molecule has 0 bridgehead atoms. The third kappa shape index (κ3) is 10.9. The fourth-order valence-corrected chi connectivity index (χ4v) is 5.13. The number of alkyl halides is 5. The second-order valence-electron chi connectivity index (χ2n) is 12.5. The largest absolute Gasteiger partial charge is 0.497 e. The van der Waals surface area contributed by atoms with Gasteiger partial charge in [-0.05, 0) is 61.1 Å². The van der Waals surface area contributed by atoms with Crippen LogP contribution in [0.2, 0.25) is 5.02 Å². The number of ketones is 1. The lowest BCUT2D eigenvalue weighted by molar-refractivity contribution is -0.165. The zero-order valence-corrected chi connectivity index (χ0v) is 28.1. The Morgan fingerprint density at radius 1 is 1.02 bits per heavy atom. The molecule has 2 aromatic carbocycles. The van der Waals surface area contributed by atoms with E-state index in [4.69, 9.17) is 21.1 Å². The minimum absolute atomic E-state index is 0.0337. The molecule has 3 rings (SSSR count). The maximum Gasteiger partial charge on any atom is 0.405 e. The van der Waals surface area contributed by atoms with Crippen molar-refractivity contribution in [3.05, 3.63) is 64.7 Å². The molecule has 1 aliphatic carbocycles. The molecule has 3 atom stereocenters. The number of aldehydes is 1. The van der Waals surface area contributed by atoms with Gasteiger partial charge in [-0.15, -0.1) is 0 Å². The molecule has 1 fully saturated rings. The normalized spacial score (nSPS) is 16.6. The van der Waals surface area contributed by atoms with E-state index in [1.165, 1.54) is 45.2 Å². The molecule has 10 nitrogen and oxygen atoms in total. The van der Waals surface area contributed by atoms with Crippen LogP contribution in [-0.2, 0) is 29.3 Å². The molecule has 16 heteroatoms. The van der Waals surface area contributed by atoms with Gasteiger partial charge in [-0.3, -0.25) is 25.0 Å². The summed E-state index contributed by atoms with van der Waals surface area (Å²) in [4.78, 5) is 50.6. The van der Waals surface area contributed by atoms with Gasteiger partial charge >= 0.3 is 12.1 Å². The van der Waals surface area contributed by atoms with E-state index in [-0.39, 0.29) is 18.7 Å². The fourth-order valence-electron chi connectivity index (χ4n) is 4.94. The van der Waals surface area contributed by atoms with Gasteiger partial charge in [0.25, 0.3) is 5.91 Å². The first-order chi connectivity index (χ1) is 22.9. The number of nitrogens with one attached hydrogen (secondary N) is 4. The Hall–Kier alpha value is -3.66. The summed E-state index contributed by atoms with van der Waals surface area (Å²) in [5.74, 6) is -11.0. The second kappa shape index (κ2) is 16.4. The number of methoxy groups -OCH3 is 1. The molecule has 0 spiro atoms. The van der Waals surface area contributed by atoms with Gasteiger partial charge in [-0.1, -0.05) is 49.7 Å². The molecular formula is C33H40ClF5N4O6. The molecule has 49 heavy (non-hydrogen) atoms. The highest BCUT2D eigenvalue weighted by Crippen LogP contribution is 2.48. The highest BCUT2D eigenvalue weighted by molar-refractivity contribution is 6.30. The molecule has 0 radical (unpaired) electrons. The van der Waals surface area contributed by atoms with Crippen LogP contribution in [0.1, 0.15) is 50.8 Å². The zero-order chi connectivity index (χ0) is 36.6. The minimum atomic E-state index is -4.99. The molecular weight excluding hydrogens is 679 g/mol. The van der Waals surface area contributed by atoms with E-state index in [0.29, 0.717) is 29.2 Å². The lowest BCUT2D eigenvalue weighted by atomic mass is 9.94. The number of Topliss-reactive ketones (excluding diaryl/α,β-unsaturated/α-hetero) is 1. The fraction of sp³-hybridized carbons (Fsp3) is 0.515. The predicted octanol–water partition coefficient (Wildman–Crippen LogP) is 4.26. The summed E-state index contributed by atoms with van der Waals surface area (Å²) in [7, 11) is 1.42. The number of amides is 2. The number of benzene rings is 2. The Kier molecular flexibility index (Phi) is 13.3. The van der Waals surface area contributed by atoms with Crippen molar-refractivity contribution in [1.29, 1.82) is 0 Å². The number of ether oxygens (including phenoxy) is 2. The minimum Gasteiger partial charge on any atom is -0.497 e. The molecule has 2 amide bonds. The van der Waals surface area contributed by atoms with E-state index in [9.17, 15) is 41.1 Å². The lowest BCUT2D eigenvalue weighted by Crippen LogP contribution is -2.59. The van der Waals surface area contributed by atoms with E-state index in [0.717, 1.165) is 23.7 Å². The Bertz CT molecular complexity index is 1470. The Morgan fingerprint density at radius 2 is 1.67 bits per heavy atom. The third-order valence-electron chi connectivity index (χ3n) is 8.18. The van der Waals surface area contributed by atoms with Crippen molar-refractivity contribution in [3.63, 3.8) is 0 Å². The summed E-state index contributed by atoms with van der Waals surface area (Å²) in [6.45, 7) is 2.25. The number of hydrogen-bond acceptors (Lipinski definition) is 8. The number of rotatable bonds is 19. The van der Waals surface area contributed by atoms with Gasteiger partial charge in [0.1, 0.15) is 24.6 Å². The van der Waals surface area contributed by atoms with Crippen molar-refractivity contribution in [2.75, 3.05) is 33.5 Å². The van der Waals surface area contributed by atoms with Crippen molar-refractivity contribution < 1.29 is 50.6 Å². The van der Waals surface area contributed by atoms with Crippen LogP contribution < -0.4 is 26.0 Å². The number of halogens is 6. The smallest absolute Gasteiger partial charge is 0.405 e. The molecule has 0 heterocycles. The van der Waals surface area contributed by atoms with E-state index >= 15 is 0 Å². The predicted molar refractivity (Wildman–Crippen MR) is 170 cm³/mol. The van der Waals surface area contributed by atoms with Gasteiger partial charge in [0.2, 0.25) is 11.7 Å². The van der Waals surface area contributed by atoms with E-state index in [1.807, 2.05) is 18.2 Å². The van der Waals surface area contributed by atoms with Gasteiger partial charge < -0.3 is 24.9 Å². The molecule has 270 valence electrons. The summed E-state index contributed by atoms with van der Waals surface area (Å²) in [5, 5.41) is 9.77. The van der Waals surface area contributed by atoms with Gasteiger partial charge in [-0.2, -0.15) is 22.0 Å². The van der Waals surface area contributed by atoms with Crippen LogP contribution in [0.5, 0.6) is 5.75 Å². The zero-order valence-electron chi connectivity index (χ0n) is 27.4.